The van der Waals surface area contributed by atoms with E-state index in [0.29, 0.717) is 23.2 Å². The molecule has 1 amide bonds. The lowest BCUT2D eigenvalue weighted by Crippen LogP contribution is -2.28. The smallest absolute Gasteiger partial charge is 0.255 e. The number of halogens is 2. The predicted molar refractivity (Wildman–Crippen MR) is 96.5 cm³/mol. The zero-order chi connectivity index (χ0) is 18.0. The van der Waals surface area contributed by atoms with Crippen LogP contribution in [0.15, 0.2) is 51.8 Å². The molecule has 5 nitrogen and oxygen atoms in total. The summed E-state index contributed by atoms with van der Waals surface area (Å²) in [6.07, 6.45) is 1.66. The van der Waals surface area contributed by atoms with Gasteiger partial charge in [0.25, 0.3) is 5.91 Å². The average molecular weight is 427 g/mol. The van der Waals surface area contributed by atoms with Crippen molar-refractivity contribution in [1.29, 1.82) is 0 Å². The molecule has 1 fully saturated rings. The molecule has 0 radical (unpaired) electrons. The van der Waals surface area contributed by atoms with Crippen LogP contribution in [0.2, 0.25) is 0 Å². The zero-order valence-corrected chi connectivity index (χ0v) is 15.6. The predicted octanol–water partition coefficient (Wildman–Crippen LogP) is 3.63. The van der Waals surface area contributed by atoms with E-state index in [1.165, 1.54) is 40.7 Å². The van der Waals surface area contributed by atoms with Crippen LogP contribution in [0.3, 0.4) is 0 Å². The zero-order valence-electron chi connectivity index (χ0n) is 13.2. The number of sulfonamides is 1. The minimum Gasteiger partial charge on any atom is -0.322 e. The van der Waals surface area contributed by atoms with Crippen molar-refractivity contribution in [2.75, 3.05) is 18.4 Å². The van der Waals surface area contributed by atoms with Gasteiger partial charge in [0.2, 0.25) is 10.0 Å². The SMILES string of the molecule is O=C(Nc1cccc(F)c1)c1ccc(Br)c(S(=O)(=O)N2CCCC2)c1. The topological polar surface area (TPSA) is 66.5 Å². The van der Waals surface area contributed by atoms with E-state index in [-0.39, 0.29) is 10.5 Å². The maximum absolute atomic E-state index is 13.2. The summed E-state index contributed by atoms with van der Waals surface area (Å²) in [6.45, 7) is 0.961. The minimum absolute atomic E-state index is 0.0568. The molecular weight excluding hydrogens is 411 g/mol. The van der Waals surface area contributed by atoms with E-state index < -0.39 is 21.7 Å². The Morgan fingerprint density at radius 2 is 1.84 bits per heavy atom. The van der Waals surface area contributed by atoms with Gasteiger partial charge in [-0.05, 0) is 65.2 Å². The van der Waals surface area contributed by atoms with Crippen LogP contribution in [0.5, 0.6) is 0 Å². The summed E-state index contributed by atoms with van der Waals surface area (Å²) in [5.41, 5.74) is 0.488. The van der Waals surface area contributed by atoms with Crippen LogP contribution in [0.1, 0.15) is 23.2 Å². The molecule has 3 rings (SSSR count). The Kier molecular flexibility index (Phi) is 5.21. The number of carbonyl (C=O) groups is 1. The molecule has 0 spiro atoms. The molecule has 1 heterocycles. The summed E-state index contributed by atoms with van der Waals surface area (Å²) >= 11 is 3.25. The highest BCUT2D eigenvalue weighted by molar-refractivity contribution is 9.10. The van der Waals surface area contributed by atoms with E-state index in [0.717, 1.165) is 12.8 Å². The number of carbonyl (C=O) groups excluding carboxylic acids is 1. The Balaban J connectivity index is 1.89. The quantitative estimate of drug-likeness (QED) is 0.811. The van der Waals surface area contributed by atoms with E-state index in [9.17, 15) is 17.6 Å². The van der Waals surface area contributed by atoms with Crippen LogP contribution >= 0.6 is 15.9 Å². The maximum atomic E-state index is 13.2. The van der Waals surface area contributed by atoms with Gasteiger partial charge in [-0.25, -0.2) is 12.8 Å². The number of rotatable bonds is 4. The molecule has 0 bridgehead atoms. The lowest BCUT2D eigenvalue weighted by Gasteiger charge is -2.17. The molecular formula is C17H16BrFN2O3S. The average Bonchev–Trinajstić information content (AvgIpc) is 3.10. The molecule has 2 aromatic carbocycles. The lowest BCUT2D eigenvalue weighted by atomic mass is 10.2. The molecule has 0 saturated carbocycles. The highest BCUT2D eigenvalue weighted by atomic mass is 79.9. The number of amides is 1. The number of nitrogens with one attached hydrogen (secondary N) is 1. The van der Waals surface area contributed by atoms with Crippen molar-refractivity contribution in [3.63, 3.8) is 0 Å². The molecule has 0 unspecified atom stereocenters. The summed E-state index contributed by atoms with van der Waals surface area (Å²) < 4.78 is 40.5. The second kappa shape index (κ2) is 7.23. The largest absolute Gasteiger partial charge is 0.322 e. The highest BCUT2D eigenvalue weighted by Crippen LogP contribution is 2.28. The van der Waals surface area contributed by atoms with Crippen molar-refractivity contribution in [2.24, 2.45) is 0 Å². The van der Waals surface area contributed by atoms with Crippen molar-refractivity contribution in [2.45, 2.75) is 17.7 Å². The van der Waals surface area contributed by atoms with E-state index in [4.69, 9.17) is 0 Å². The Morgan fingerprint density at radius 3 is 2.52 bits per heavy atom. The third-order valence-corrected chi connectivity index (χ3v) is 6.85. The first-order valence-corrected chi connectivity index (χ1v) is 9.98. The summed E-state index contributed by atoms with van der Waals surface area (Å²) in [5.74, 6) is -0.970. The lowest BCUT2D eigenvalue weighted by molar-refractivity contribution is 0.102. The first-order valence-electron chi connectivity index (χ1n) is 7.74. The van der Waals surface area contributed by atoms with Gasteiger partial charge in [0, 0.05) is 28.8 Å². The normalized spacial score (nSPS) is 15.3. The van der Waals surface area contributed by atoms with Crippen LogP contribution in [0.4, 0.5) is 10.1 Å². The summed E-state index contributed by atoms with van der Waals surface area (Å²) in [5, 5.41) is 2.56. The highest BCUT2D eigenvalue weighted by Gasteiger charge is 2.29. The van der Waals surface area contributed by atoms with Gasteiger partial charge >= 0.3 is 0 Å². The number of nitrogens with zero attached hydrogens (tertiary/aromatic N) is 1. The van der Waals surface area contributed by atoms with Crippen LogP contribution in [-0.2, 0) is 10.0 Å². The Bertz CT molecular complexity index is 912. The molecule has 0 aliphatic carbocycles. The van der Waals surface area contributed by atoms with Crippen molar-refractivity contribution in [1.82, 2.24) is 4.31 Å². The van der Waals surface area contributed by atoms with Crippen LogP contribution in [0.25, 0.3) is 0 Å². The van der Waals surface area contributed by atoms with Gasteiger partial charge < -0.3 is 5.32 Å². The molecule has 1 N–H and O–H groups in total. The van der Waals surface area contributed by atoms with Gasteiger partial charge in [0.1, 0.15) is 5.82 Å². The van der Waals surface area contributed by atoms with E-state index >= 15 is 0 Å². The molecule has 2 aromatic rings. The van der Waals surface area contributed by atoms with Crippen LogP contribution in [-0.4, -0.2) is 31.7 Å². The van der Waals surface area contributed by atoms with Gasteiger partial charge in [-0.3, -0.25) is 4.79 Å². The third kappa shape index (κ3) is 3.91. The number of benzene rings is 2. The van der Waals surface area contributed by atoms with Crippen molar-refractivity contribution in [3.8, 4) is 0 Å². The Labute approximate surface area is 154 Å². The molecule has 1 aliphatic heterocycles. The van der Waals surface area contributed by atoms with Gasteiger partial charge in [0.05, 0.1) is 4.90 Å². The monoisotopic (exact) mass is 426 g/mol. The van der Waals surface area contributed by atoms with Crippen molar-refractivity contribution < 1.29 is 17.6 Å². The van der Waals surface area contributed by atoms with Gasteiger partial charge in [-0.1, -0.05) is 6.07 Å². The first-order chi connectivity index (χ1) is 11.9. The Morgan fingerprint density at radius 1 is 1.12 bits per heavy atom. The molecule has 8 heteroatoms. The molecule has 0 aromatic heterocycles. The Hall–Kier alpha value is -1.77. The second-order valence-electron chi connectivity index (χ2n) is 5.72. The number of anilines is 1. The standard InChI is InChI=1S/C17H16BrFN2O3S/c18-15-7-6-12(17(22)20-14-5-3-4-13(19)11-14)10-16(15)25(23,24)21-8-1-2-9-21/h3-7,10-11H,1-2,8-9H2,(H,20,22). The van der Waals surface area contributed by atoms with Gasteiger partial charge in [-0.2, -0.15) is 4.31 Å². The van der Waals surface area contributed by atoms with Crippen LogP contribution in [0, 0.1) is 5.82 Å². The molecule has 25 heavy (non-hydrogen) atoms. The molecule has 1 aliphatic rings. The second-order valence-corrected chi connectivity index (χ2v) is 8.48. The number of hydrogen-bond acceptors (Lipinski definition) is 3. The molecule has 1 saturated heterocycles. The van der Waals surface area contributed by atoms with Gasteiger partial charge in [0.15, 0.2) is 0 Å². The number of hydrogen-bond donors (Lipinski definition) is 1. The van der Waals surface area contributed by atoms with Crippen molar-refractivity contribution >= 4 is 37.5 Å². The summed E-state index contributed by atoms with van der Waals surface area (Å²) in [4.78, 5) is 12.4. The first kappa shape index (κ1) is 18.0. The summed E-state index contributed by atoms with van der Waals surface area (Å²) in [7, 11) is -3.66. The molecule has 0 atom stereocenters. The van der Waals surface area contributed by atoms with E-state index in [1.54, 1.807) is 6.07 Å². The van der Waals surface area contributed by atoms with Gasteiger partial charge in [-0.15, -0.1) is 0 Å². The van der Waals surface area contributed by atoms with Crippen LogP contribution < -0.4 is 5.32 Å². The maximum Gasteiger partial charge on any atom is 0.255 e. The third-order valence-electron chi connectivity index (χ3n) is 3.96. The fraction of sp³-hybridized carbons (Fsp3) is 0.235. The van der Waals surface area contributed by atoms with E-state index in [2.05, 4.69) is 21.2 Å². The van der Waals surface area contributed by atoms with E-state index in [1.807, 2.05) is 0 Å². The minimum atomic E-state index is -3.66. The van der Waals surface area contributed by atoms with Crippen molar-refractivity contribution in [3.05, 3.63) is 58.3 Å². The fourth-order valence-corrected chi connectivity index (χ4v) is 5.15. The fourth-order valence-electron chi connectivity index (χ4n) is 2.68. The molecule has 132 valence electrons. The summed E-state index contributed by atoms with van der Waals surface area (Å²) in [6, 6.07) is 9.89.